The van der Waals surface area contributed by atoms with Crippen molar-refractivity contribution in [1.82, 2.24) is 4.98 Å². The molecule has 0 amide bonds. The van der Waals surface area contributed by atoms with Crippen LogP contribution in [0.5, 0.6) is 0 Å². The summed E-state index contributed by atoms with van der Waals surface area (Å²) in [5, 5.41) is 3.34. The van der Waals surface area contributed by atoms with E-state index in [1.54, 1.807) is 0 Å². The van der Waals surface area contributed by atoms with Gasteiger partial charge in [0.1, 0.15) is 5.82 Å². The first-order valence-electron chi connectivity index (χ1n) is 6.06. The minimum Gasteiger partial charge on any atom is -0.370 e. The SMILES string of the molecule is Cc1cccc(NCCCc2ccccc2)n1. The number of nitrogens with one attached hydrogen (secondary N) is 1. The van der Waals surface area contributed by atoms with Crippen LogP contribution < -0.4 is 5.32 Å². The van der Waals surface area contributed by atoms with Gasteiger partial charge in [0.15, 0.2) is 0 Å². The van der Waals surface area contributed by atoms with Crippen LogP contribution in [0, 0.1) is 6.92 Å². The Morgan fingerprint density at radius 1 is 1.00 bits per heavy atom. The number of hydrogen-bond acceptors (Lipinski definition) is 2. The second-order valence-corrected chi connectivity index (χ2v) is 4.18. The molecule has 1 heterocycles. The van der Waals surface area contributed by atoms with Gasteiger partial charge in [0, 0.05) is 12.2 Å². The summed E-state index contributed by atoms with van der Waals surface area (Å²) < 4.78 is 0. The van der Waals surface area contributed by atoms with Crippen LogP contribution in [-0.4, -0.2) is 11.5 Å². The number of rotatable bonds is 5. The third-order valence-corrected chi connectivity index (χ3v) is 2.68. The van der Waals surface area contributed by atoms with Gasteiger partial charge in [-0.25, -0.2) is 4.98 Å². The zero-order chi connectivity index (χ0) is 11.9. The van der Waals surface area contributed by atoms with Gasteiger partial charge in [0.2, 0.25) is 0 Å². The molecule has 0 spiro atoms. The van der Waals surface area contributed by atoms with Crippen LogP contribution in [0.25, 0.3) is 0 Å². The monoisotopic (exact) mass is 226 g/mol. The van der Waals surface area contributed by atoms with Crippen LogP contribution in [0.1, 0.15) is 17.7 Å². The first-order valence-corrected chi connectivity index (χ1v) is 6.06. The summed E-state index contributed by atoms with van der Waals surface area (Å²) in [5.41, 5.74) is 2.45. The minimum atomic E-state index is 0.964. The van der Waals surface area contributed by atoms with Crippen LogP contribution in [0.3, 0.4) is 0 Å². The number of benzene rings is 1. The van der Waals surface area contributed by atoms with Crippen molar-refractivity contribution in [3.63, 3.8) is 0 Å². The Bertz CT molecular complexity index is 451. The summed E-state index contributed by atoms with van der Waals surface area (Å²) in [6.45, 7) is 2.97. The van der Waals surface area contributed by atoms with Crippen LogP contribution in [0.15, 0.2) is 48.5 Å². The summed E-state index contributed by atoms with van der Waals surface area (Å²) in [6.07, 6.45) is 2.24. The lowest BCUT2D eigenvalue weighted by molar-refractivity contribution is 0.858. The smallest absolute Gasteiger partial charge is 0.126 e. The molecule has 2 heteroatoms. The maximum atomic E-state index is 4.41. The molecule has 0 aliphatic carbocycles. The molecule has 1 aromatic heterocycles. The lowest BCUT2D eigenvalue weighted by Crippen LogP contribution is -2.04. The highest BCUT2D eigenvalue weighted by Gasteiger charge is 1.94. The van der Waals surface area contributed by atoms with Crippen molar-refractivity contribution in [1.29, 1.82) is 0 Å². The predicted molar refractivity (Wildman–Crippen MR) is 72.2 cm³/mol. The van der Waals surface area contributed by atoms with E-state index in [9.17, 15) is 0 Å². The highest BCUT2D eigenvalue weighted by atomic mass is 15.0. The Hall–Kier alpha value is -1.83. The number of aromatic nitrogens is 1. The second kappa shape index (κ2) is 6.04. The molecule has 1 N–H and O–H groups in total. The summed E-state index contributed by atoms with van der Waals surface area (Å²) in [4.78, 5) is 4.41. The van der Waals surface area contributed by atoms with Crippen LogP contribution >= 0.6 is 0 Å². The van der Waals surface area contributed by atoms with Gasteiger partial charge in [-0.2, -0.15) is 0 Å². The topological polar surface area (TPSA) is 24.9 Å². The standard InChI is InChI=1S/C15H18N2/c1-13-7-5-11-15(17-13)16-12-6-10-14-8-3-2-4-9-14/h2-5,7-9,11H,6,10,12H2,1H3,(H,16,17). The van der Waals surface area contributed by atoms with Gasteiger partial charge >= 0.3 is 0 Å². The fourth-order valence-electron chi connectivity index (χ4n) is 1.80. The van der Waals surface area contributed by atoms with Crippen molar-refractivity contribution < 1.29 is 0 Å². The molecule has 0 unspecified atom stereocenters. The summed E-state index contributed by atoms with van der Waals surface area (Å²) in [6, 6.07) is 16.6. The van der Waals surface area contributed by atoms with Crippen molar-refractivity contribution >= 4 is 5.82 Å². The summed E-state index contributed by atoms with van der Waals surface area (Å²) >= 11 is 0. The number of hydrogen-bond donors (Lipinski definition) is 1. The van der Waals surface area contributed by atoms with E-state index < -0.39 is 0 Å². The van der Waals surface area contributed by atoms with Gasteiger partial charge in [0.05, 0.1) is 0 Å². The van der Waals surface area contributed by atoms with Crippen molar-refractivity contribution in [3.05, 3.63) is 59.8 Å². The summed E-state index contributed by atoms with van der Waals surface area (Å²) in [7, 11) is 0. The van der Waals surface area contributed by atoms with Gasteiger partial charge in [-0.15, -0.1) is 0 Å². The zero-order valence-corrected chi connectivity index (χ0v) is 10.2. The molecule has 0 aliphatic heterocycles. The molecule has 88 valence electrons. The first kappa shape index (κ1) is 11.6. The predicted octanol–water partition coefficient (Wildman–Crippen LogP) is 3.43. The Kier molecular flexibility index (Phi) is 4.14. The van der Waals surface area contributed by atoms with Gasteiger partial charge in [0.25, 0.3) is 0 Å². The lowest BCUT2D eigenvalue weighted by atomic mass is 10.1. The van der Waals surface area contributed by atoms with Gasteiger partial charge in [-0.05, 0) is 37.5 Å². The molecule has 2 nitrogen and oxygen atoms in total. The first-order chi connectivity index (χ1) is 8.34. The van der Waals surface area contributed by atoms with E-state index >= 15 is 0 Å². The Balaban J connectivity index is 1.73. The highest BCUT2D eigenvalue weighted by Crippen LogP contribution is 2.05. The van der Waals surface area contributed by atoms with Crippen LogP contribution in [-0.2, 0) is 6.42 Å². The third kappa shape index (κ3) is 3.91. The Labute approximate surface area is 103 Å². The van der Waals surface area contributed by atoms with Gasteiger partial charge in [-0.3, -0.25) is 0 Å². The fraction of sp³-hybridized carbons (Fsp3) is 0.267. The molecule has 2 aromatic rings. The van der Waals surface area contributed by atoms with E-state index in [1.807, 2.05) is 25.1 Å². The average molecular weight is 226 g/mol. The number of anilines is 1. The van der Waals surface area contributed by atoms with Crippen LogP contribution in [0.4, 0.5) is 5.82 Å². The molecule has 0 saturated heterocycles. The normalized spacial score (nSPS) is 10.2. The van der Waals surface area contributed by atoms with Crippen molar-refractivity contribution in [2.45, 2.75) is 19.8 Å². The molecule has 0 fully saturated rings. The molecule has 0 radical (unpaired) electrons. The number of aryl methyl sites for hydroxylation is 2. The largest absolute Gasteiger partial charge is 0.370 e. The maximum Gasteiger partial charge on any atom is 0.126 e. The molecule has 17 heavy (non-hydrogen) atoms. The molecule has 2 rings (SSSR count). The van der Waals surface area contributed by atoms with E-state index in [-0.39, 0.29) is 0 Å². The molecule has 0 bridgehead atoms. The fourth-order valence-corrected chi connectivity index (χ4v) is 1.80. The second-order valence-electron chi connectivity index (χ2n) is 4.18. The van der Waals surface area contributed by atoms with E-state index in [0.29, 0.717) is 0 Å². The molecule has 0 saturated carbocycles. The van der Waals surface area contributed by atoms with E-state index in [2.05, 4.69) is 40.6 Å². The van der Waals surface area contributed by atoms with E-state index in [1.165, 1.54) is 5.56 Å². The van der Waals surface area contributed by atoms with E-state index in [0.717, 1.165) is 30.9 Å². The lowest BCUT2D eigenvalue weighted by Gasteiger charge is -2.06. The Morgan fingerprint density at radius 2 is 1.82 bits per heavy atom. The number of pyridine rings is 1. The number of nitrogens with zero attached hydrogens (tertiary/aromatic N) is 1. The zero-order valence-electron chi connectivity index (χ0n) is 10.2. The molecule has 1 aromatic carbocycles. The van der Waals surface area contributed by atoms with E-state index in [4.69, 9.17) is 0 Å². The average Bonchev–Trinajstić information content (AvgIpc) is 2.36. The molecule has 0 aliphatic rings. The highest BCUT2D eigenvalue weighted by molar-refractivity contribution is 5.34. The van der Waals surface area contributed by atoms with Gasteiger partial charge < -0.3 is 5.32 Å². The molecular formula is C15H18N2. The van der Waals surface area contributed by atoms with Crippen molar-refractivity contribution in [2.75, 3.05) is 11.9 Å². The third-order valence-electron chi connectivity index (χ3n) is 2.68. The quantitative estimate of drug-likeness (QED) is 0.790. The van der Waals surface area contributed by atoms with Crippen molar-refractivity contribution in [3.8, 4) is 0 Å². The molecule has 0 atom stereocenters. The summed E-state index contributed by atoms with van der Waals surface area (Å²) in [5.74, 6) is 0.970. The van der Waals surface area contributed by atoms with Gasteiger partial charge in [-0.1, -0.05) is 36.4 Å². The Morgan fingerprint density at radius 3 is 2.59 bits per heavy atom. The van der Waals surface area contributed by atoms with Crippen molar-refractivity contribution in [2.24, 2.45) is 0 Å². The molecular weight excluding hydrogens is 208 g/mol. The maximum absolute atomic E-state index is 4.41. The minimum absolute atomic E-state index is 0.964. The van der Waals surface area contributed by atoms with Crippen LogP contribution in [0.2, 0.25) is 0 Å².